The van der Waals surface area contributed by atoms with Gasteiger partial charge in [0.2, 0.25) is 11.8 Å². The van der Waals surface area contributed by atoms with E-state index < -0.39 is 250 Å². The highest BCUT2D eigenvalue weighted by atomic mass is 31.2. The Labute approximate surface area is 453 Å². The molecule has 4 rings (SSSR count). The van der Waals surface area contributed by atoms with Gasteiger partial charge in [-0.15, -0.1) is 0 Å². The summed E-state index contributed by atoms with van der Waals surface area (Å²) in [5.41, 5.74) is 0. The van der Waals surface area contributed by atoms with Crippen molar-refractivity contribution in [3.05, 3.63) is 0 Å². The Morgan fingerprint density at radius 2 is 1.21 bits per heavy atom. The molecule has 0 bridgehead atoms. The number of ether oxygens (including phenoxy) is 8. The van der Waals surface area contributed by atoms with Gasteiger partial charge in [-0.25, -0.2) is 9.36 Å². The normalized spacial score (nSPS) is 38.5. The standard InChI is InChI=1S/C42H76N3O34P/c1-14(52)44-24-17(55)5-42(41(66)67,78-36(24)27(60)19(57)8-47)79-37-32(65)40(75-33(20(58)9-48)26(59)18(56)6-43-3-4-70-80(68,69)71-13-16(54)7-46)74-23(12-51)34(37)76-38-25(45-15(2)53)35(29(62)22(11-50)72-38)77-39-31(64)30(63)28(61)21(10-49)73-39/h16-40,43,46-51,54-65H,3-13H2,1-2H3,(H,44,52)(H,45,53)(H,66,67)(H,68,69)/t16?,17-,18-,19+,20+,21+,22+,23+,24+,25+,26+,27+,28-,29-,30-,31+,32+,33+,34-,35+,36+,37+,38-,39-,40-,42-/m0/s1. The van der Waals surface area contributed by atoms with Crippen molar-refractivity contribution in [2.24, 2.45) is 0 Å². The molecule has 2 unspecified atom stereocenters. The van der Waals surface area contributed by atoms with Gasteiger partial charge in [0.1, 0.15) is 116 Å². The molecule has 0 aromatic rings. The van der Waals surface area contributed by atoms with Gasteiger partial charge in [0, 0.05) is 33.4 Å². The fraction of sp³-hybridized carbons (Fsp3) is 0.929. The van der Waals surface area contributed by atoms with Crippen LogP contribution in [0, 0.1) is 0 Å². The van der Waals surface area contributed by atoms with Crippen molar-refractivity contribution in [1.82, 2.24) is 16.0 Å². The van der Waals surface area contributed by atoms with Gasteiger partial charge < -0.3 is 156 Å². The van der Waals surface area contributed by atoms with Crippen LogP contribution in [0.25, 0.3) is 0 Å². The minimum absolute atomic E-state index is 0.367. The first-order chi connectivity index (χ1) is 37.5. The van der Waals surface area contributed by atoms with E-state index in [1.54, 1.807) is 0 Å². The van der Waals surface area contributed by atoms with Crippen molar-refractivity contribution in [3.63, 3.8) is 0 Å². The summed E-state index contributed by atoms with van der Waals surface area (Å²) in [5.74, 6) is -7.48. The molecule has 0 aliphatic carbocycles. The molecule has 0 aromatic carbocycles. The van der Waals surface area contributed by atoms with E-state index in [1.165, 1.54) is 0 Å². The molecular formula is C42H76N3O34P. The Morgan fingerprint density at radius 1 is 0.650 bits per heavy atom. The number of carboxylic acids is 1. The maximum absolute atomic E-state index is 13.5. The number of phosphoric ester groups is 1. The third kappa shape index (κ3) is 17.8. The largest absolute Gasteiger partial charge is 0.477 e. The van der Waals surface area contributed by atoms with E-state index in [4.69, 9.17) is 47.5 Å². The van der Waals surface area contributed by atoms with Gasteiger partial charge >= 0.3 is 13.8 Å². The van der Waals surface area contributed by atoms with Crippen molar-refractivity contribution < 1.29 is 168 Å². The van der Waals surface area contributed by atoms with E-state index in [-0.39, 0.29) is 6.54 Å². The average molecular weight is 1200 g/mol. The van der Waals surface area contributed by atoms with Gasteiger partial charge in [0.05, 0.1) is 71.1 Å². The zero-order valence-corrected chi connectivity index (χ0v) is 43.7. The van der Waals surface area contributed by atoms with Crippen LogP contribution >= 0.6 is 7.82 Å². The number of aliphatic carboxylic acids is 1. The summed E-state index contributed by atoms with van der Waals surface area (Å²) in [6.45, 7) is -7.26. The molecule has 4 fully saturated rings. The minimum Gasteiger partial charge on any atom is -0.477 e. The lowest BCUT2D eigenvalue weighted by Crippen LogP contribution is -2.72. The molecule has 27 atom stereocenters. The molecule has 4 heterocycles. The molecule has 0 spiro atoms. The second-order valence-electron chi connectivity index (χ2n) is 19.1. The number of hydrogen-bond donors (Lipinski definition) is 23. The van der Waals surface area contributed by atoms with Gasteiger partial charge in [0.25, 0.3) is 5.79 Å². The molecule has 4 aliphatic heterocycles. The van der Waals surface area contributed by atoms with Crippen LogP contribution in [0.2, 0.25) is 0 Å². The molecule has 38 heteroatoms. The topological polar surface area (TPSA) is 601 Å². The Kier molecular flexibility index (Phi) is 27.6. The highest BCUT2D eigenvalue weighted by molar-refractivity contribution is 7.47. The highest BCUT2D eigenvalue weighted by Crippen LogP contribution is 2.43. The highest BCUT2D eigenvalue weighted by Gasteiger charge is 2.62. The number of aliphatic hydroxyl groups is 18. The molecule has 4 saturated heterocycles. The van der Waals surface area contributed by atoms with E-state index >= 15 is 0 Å². The number of rotatable bonds is 31. The first-order valence-corrected chi connectivity index (χ1v) is 26.3. The summed E-state index contributed by atoms with van der Waals surface area (Å²) in [7, 11) is -4.77. The first kappa shape index (κ1) is 69.9. The predicted molar refractivity (Wildman–Crippen MR) is 250 cm³/mol. The third-order valence-electron chi connectivity index (χ3n) is 13.1. The summed E-state index contributed by atoms with van der Waals surface area (Å²) in [6.07, 6.45) is -50.5. The molecule has 0 saturated carbocycles. The van der Waals surface area contributed by atoms with Gasteiger partial charge in [0.15, 0.2) is 18.9 Å². The van der Waals surface area contributed by atoms with Crippen LogP contribution in [0.4, 0.5) is 0 Å². The van der Waals surface area contributed by atoms with Crippen LogP contribution < -0.4 is 16.0 Å². The second-order valence-corrected chi connectivity index (χ2v) is 20.5. The Bertz CT molecular complexity index is 1960. The van der Waals surface area contributed by atoms with E-state index in [0.29, 0.717) is 0 Å². The molecule has 4 aliphatic rings. The van der Waals surface area contributed by atoms with Gasteiger partial charge in [-0.1, -0.05) is 0 Å². The van der Waals surface area contributed by atoms with Crippen LogP contribution in [0.3, 0.4) is 0 Å². The molecule has 0 radical (unpaired) electrons. The van der Waals surface area contributed by atoms with Crippen LogP contribution in [-0.2, 0) is 65.9 Å². The number of carboxylic acid groups (broad SMARTS) is 1. The smallest absolute Gasteiger partial charge is 0.472 e. The van der Waals surface area contributed by atoms with E-state index in [9.17, 15) is 116 Å². The maximum atomic E-state index is 13.5. The molecule has 37 nitrogen and oxygen atoms in total. The zero-order chi connectivity index (χ0) is 60.1. The summed E-state index contributed by atoms with van der Waals surface area (Å²) in [6, 6.07) is -3.72. The van der Waals surface area contributed by atoms with E-state index in [0.717, 1.165) is 13.8 Å². The molecule has 80 heavy (non-hydrogen) atoms. The molecule has 2 amide bonds. The summed E-state index contributed by atoms with van der Waals surface area (Å²) in [4.78, 5) is 48.4. The van der Waals surface area contributed by atoms with Gasteiger partial charge in [-0.3, -0.25) is 18.6 Å². The van der Waals surface area contributed by atoms with Crippen molar-refractivity contribution in [2.75, 3.05) is 65.9 Å². The number of carbonyl (C=O) groups is 3. The number of phosphoric acid groups is 1. The van der Waals surface area contributed by atoms with Crippen molar-refractivity contribution in [1.29, 1.82) is 0 Å². The summed E-state index contributed by atoms with van der Waals surface area (Å²) in [5, 5.41) is 209. The van der Waals surface area contributed by atoms with Crippen molar-refractivity contribution in [2.45, 2.75) is 179 Å². The van der Waals surface area contributed by atoms with Crippen LogP contribution in [0.15, 0.2) is 0 Å². The predicted octanol–water partition coefficient (Wildman–Crippen LogP) is -13.7. The summed E-state index contributed by atoms with van der Waals surface area (Å²) < 4.78 is 67.9. The summed E-state index contributed by atoms with van der Waals surface area (Å²) >= 11 is 0. The van der Waals surface area contributed by atoms with E-state index in [2.05, 4.69) is 20.5 Å². The zero-order valence-electron chi connectivity index (χ0n) is 42.8. The fourth-order valence-corrected chi connectivity index (χ4v) is 9.65. The lowest BCUT2D eigenvalue weighted by molar-refractivity contribution is -0.398. The number of hydrogen-bond acceptors (Lipinski definition) is 33. The molecular weight excluding hydrogens is 1120 g/mol. The first-order valence-electron chi connectivity index (χ1n) is 24.8. The monoisotopic (exact) mass is 1200 g/mol. The van der Waals surface area contributed by atoms with Gasteiger partial charge in [-0.2, -0.15) is 0 Å². The van der Waals surface area contributed by atoms with Crippen LogP contribution in [0.5, 0.6) is 0 Å². The maximum Gasteiger partial charge on any atom is 0.472 e. The van der Waals surface area contributed by atoms with E-state index in [1.807, 2.05) is 0 Å². The lowest BCUT2D eigenvalue weighted by atomic mass is 9.88. The SMILES string of the molecule is CC(=O)N[C@H]1[C@H](O[C@@H]2[C@H](O[C@]3(C(=O)O)C[C@H](O)[C@@H](NC(C)=O)[C@H]([C@H](O)[C@H](O)CO)O3)[C@@H](O)[C@H](O[C@@H]([C@H](O)[C@@H](O)CNCCOP(=O)(O)OCC(O)CO)[C@H](O)CO)O[C@@H]2CO)O[C@H](CO)[C@H](O)[C@@H]1O[C@@H]1O[C@H](CO)[C@H](O)[C@H](O)[C@H]1O. The van der Waals surface area contributed by atoms with Gasteiger partial charge in [-0.05, 0) is 0 Å². The average Bonchev–Trinajstić information content (AvgIpc) is 3.41. The lowest BCUT2D eigenvalue weighted by Gasteiger charge is -2.52. The molecule has 23 N–H and O–H groups in total. The third-order valence-corrected chi connectivity index (χ3v) is 14.1. The molecule has 0 aromatic heterocycles. The number of nitrogens with one attached hydrogen (secondary N) is 3. The number of aliphatic hydroxyl groups excluding tert-OH is 18. The Balaban J connectivity index is 1.79. The Morgan fingerprint density at radius 3 is 1.77 bits per heavy atom. The number of carbonyl (C=O) groups excluding carboxylic acids is 2. The van der Waals surface area contributed by atoms with Crippen LogP contribution in [-0.4, -0.2) is 344 Å². The fourth-order valence-electron chi connectivity index (χ4n) is 8.89. The molecule has 468 valence electrons. The van der Waals surface area contributed by atoms with Crippen molar-refractivity contribution >= 4 is 25.6 Å². The quantitative estimate of drug-likeness (QED) is 0.0226. The van der Waals surface area contributed by atoms with Crippen molar-refractivity contribution in [3.8, 4) is 0 Å². The van der Waals surface area contributed by atoms with Crippen LogP contribution in [0.1, 0.15) is 20.3 Å². The Hall–Kier alpha value is -2.56. The minimum atomic E-state index is -4.77. The number of amides is 2. The second kappa shape index (κ2) is 31.5.